The van der Waals surface area contributed by atoms with Crippen LogP contribution in [0.1, 0.15) is 16.1 Å². The van der Waals surface area contributed by atoms with E-state index in [0.717, 1.165) is 28.1 Å². The Balaban J connectivity index is 1.61. The van der Waals surface area contributed by atoms with Gasteiger partial charge in [0, 0.05) is 31.5 Å². The lowest BCUT2D eigenvalue weighted by Crippen LogP contribution is -2.38. The van der Waals surface area contributed by atoms with Crippen LogP contribution in [0.25, 0.3) is 0 Å². The van der Waals surface area contributed by atoms with E-state index in [1.807, 2.05) is 30.3 Å². The van der Waals surface area contributed by atoms with Gasteiger partial charge in [-0.3, -0.25) is 4.79 Å². The lowest BCUT2D eigenvalue weighted by Gasteiger charge is -2.23. The van der Waals surface area contributed by atoms with Gasteiger partial charge in [-0.15, -0.1) is 11.3 Å². The molecule has 0 saturated carbocycles. The summed E-state index contributed by atoms with van der Waals surface area (Å²) in [6.07, 6.45) is -0.0840. The summed E-state index contributed by atoms with van der Waals surface area (Å²) in [5.74, 6) is -0.132. The van der Waals surface area contributed by atoms with Crippen LogP contribution in [0.4, 0.5) is 16.2 Å². The number of carbonyl (C=O) groups is 2. The van der Waals surface area contributed by atoms with Gasteiger partial charge in [-0.25, -0.2) is 4.79 Å². The van der Waals surface area contributed by atoms with Crippen molar-refractivity contribution in [1.29, 1.82) is 0 Å². The number of amides is 2. The summed E-state index contributed by atoms with van der Waals surface area (Å²) in [4.78, 5) is 27.4. The van der Waals surface area contributed by atoms with Crippen LogP contribution >= 0.6 is 27.3 Å². The van der Waals surface area contributed by atoms with Gasteiger partial charge in [-0.05, 0) is 58.7 Å². The SMILES string of the molecule is CN(C(=O)O)C1CCN(c2ccc(NC(=O)c3ccc(Br)s3)cc2)C1. The average Bonchev–Trinajstić information content (AvgIpc) is 3.24. The molecule has 1 atom stereocenters. The smallest absolute Gasteiger partial charge is 0.407 e. The number of nitrogens with one attached hydrogen (secondary N) is 1. The molecule has 25 heavy (non-hydrogen) atoms. The number of carbonyl (C=O) groups excluding carboxylic acids is 1. The van der Waals surface area contributed by atoms with Gasteiger partial charge in [-0.2, -0.15) is 0 Å². The van der Waals surface area contributed by atoms with Gasteiger partial charge in [0.05, 0.1) is 14.7 Å². The van der Waals surface area contributed by atoms with Gasteiger partial charge in [0.2, 0.25) is 0 Å². The Morgan fingerprint density at radius 2 is 2.00 bits per heavy atom. The molecular weight excluding hydrogens is 406 g/mol. The van der Waals surface area contributed by atoms with Crippen molar-refractivity contribution in [2.75, 3.05) is 30.4 Å². The van der Waals surface area contributed by atoms with Crippen LogP contribution in [-0.4, -0.2) is 48.2 Å². The van der Waals surface area contributed by atoms with E-state index in [1.165, 1.54) is 16.2 Å². The fourth-order valence-electron chi connectivity index (χ4n) is 2.83. The second-order valence-electron chi connectivity index (χ2n) is 5.89. The Morgan fingerprint density at radius 3 is 2.60 bits per heavy atom. The zero-order valence-electron chi connectivity index (χ0n) is 13.6. The summed E-state index contributed by atoms with van der Waals surface area (Å²) in [6, 6.07) is 11.3. The maximum absolute atomic E-state index is 12.2. The van der Waals surface area contributed by atoms with Crippen molar-refractivity contribution in [1.82, 2.24) is 4.90 Å². The highest BCUT2D eigenvalue weighted by molar-refractivity contribution is 9.11. The normalized spacial score (nSPS) is 16.7. The number of likely N-dealkylation sites (N-methyl/N-ethyl adjacent to an activating group) is 1. The summed E-state index contributed by atoms with van der Waals surface area (Å²) < 4.78 is 0.919. The Hall–Kier alpha value is -2.06. The van der Waals surface area contributed by atoms with Crippen LogP contribution < -0.4 is 10.2 Å². The molecule has 1 aliphatic rings. The summed E-state index contributed by atoms with van der Waals surface area (Å²) in [5, 5.41) is 12.0. The predicted octanol–water partition coefficient (Wildman–Crippen LogP) is 3.95. The number of benzene rings is 1. The molecule has 8 heteroatoms. The van der Waals surface area contributed by atoms with E-state index >= 15 is 0 Å². The van der Waals surface area contributed by atoms with Crippen molar-refractivity contribution in [2.45, 2.75) is 12.5 Å². The van der Waals surface area contributed by atoms with E-state index in [9.17, 15) is 9.59 Å². The van der Waals surface area contributed by atoms with E-state index in [4.69, 9.17) is 5.11 Å². The minimum absolute atomic E-state index is 0.00848. The third-order valence-electron chi connectivity index (χ3n) is 4.30. The zero-order valence-corrected chi connectivity index (χ0v) is 16.0. The highest BCUT2D eigenvalue weighted by Crippen LogP contribution is 2.26. The fourth-order valence-corrected chi connectivity index (χ4v) is 4.11. The summed E-state index contributed by atoms with van der Waals surface area (Å²) in [5.41, 5.74) is 1.76. The van der Waals surface area contributed by atoms with Crippen LogP contribution in [-0.2, 0) is 0 Å². The summed E-state index contributed by atoms with van der Waals surface area (Å²) in [6.45, 7) is 1.49. The Kier molecular flexibility index (Phi) is 5.29. The van der Waals surface area contributed by atoms with Crippen molar-refractivity contribution < 1.29 is 14.7 Å². The number of anilines is 2. The van der Waals surface area contributed by atoms with Gasteiger partial charge in [0.1, 0.15) is 0 Å². The summed E-state index contributed by atoms with van der Waals surface area (Å²) >= 11 is 4.74. The number of rotatable bonds is 4. The molecule has 0 bridgehead atoms. The van der Waals surface area contributed by atoms with E-state index in [-0.39, 0.29) is 11.9 Å². The van der Waals surface area contributed by atoms with Crippen molar-refractivity contribution in [3.8, 4) is 0 Å². The molecule has 1 aliphatic heterocycles. The molecule has 0 radical (unpaired) electrons. The lowest BCUT2D eigenvalue weighted by atomic mass is 10.2. The number of halogens is 1. The highest BCUT2D eigenvalue weighted by atomic mass is 79.9. The summed E-state index contributed by atoms with van der Waals surface area (Å²) in [7, 11) is 1.61. The first-order chi connectivity index (χ1) is 11.9. The molecule has 3 rings (SSSR count). The standard InChI is InChI=1S/C17H18BrN3O3S/c1-20(17(23)24)13-8-9-21(10-13)12-4-2-11(3-5-12)19-16(22)14-6-7-15(18)25-14/h2-7,13H,8-10H2,1H3,(H,19,22)(H,23,24). The van der Waals surface area contributed by atoms with Gasteiger partial charge in [0.15, 0.2) is 0 Å². The van der Waals surface area contributed by atoms with Crippen molar-refractivity contribution in [3.63, 3.8) is 0 Å². The van der Waals surface area contributed by atoms with Crippen LogP contribution in [0.5, 0.6) is 0 Å². The van der Waals surface area contributed by atoms with E-state index < -0.39 is 6.09 Å². The molecule has 132 valence electrons. The Labute approximate surface area is 158 Å². The number of thiophene rings is 1. The number of nitrogens with zero attached hydrogens (tertiary/aromatic N) is 2. The molecule has 1 saturated heterocycles. The molecule has 6 nitrogen and oxygen atoms in total. The first kappa shape index (κ1) is 17.8. The van der Waals surface area contributed by atoms with Crippen molar-refractivity contribution in [3.05, 3.63) is 45.1 Å². The van der Waals surface area contributed by atoms with Crippen LogP contribution in [0.2, 0.25) is 0 Å². The maximum Gasteiger partial charge on any atom is 0.407 e. The molecule has 2 heterocycles. The molecule has 2 amide bonds. The first-order valence-electron chi connectivity index (χ1n) is 7.81. The fraction of sp³-hybridized carbons (Fsp3) is 0.294. The molecule has 1 fully saturated rings. The third kappa shape index (κ3) is 4.13. The van der Waals surface area contributed by atoms with Gasteiger partial charge in [0.25, 0.3) is 5.91 Å². The lowest BCUT2D eigenvalue weighted by molar-refractivity contribution is 0.103. The quantitative estimate of drug-likeness (QED) is 0.780. The van der Waals surface area contributed by atoms with E-state index in [2.05, 4.69) is 26.1 Å². The minimum atomic E-state index is -0.898. The Morgan fingerprint density at radius 1 is 1.28 bits per heavy atom. The van der Waals surface area contributed by atoms with Crippen molar-refractivity contribution in [2.24, 2.45) is 0 Å². The van der Waals surface area contributed by atoms with Gasteiger partial charge >= 0.3 is 6.09 Å². The van der Waals surface area contributed by atoms with Crippen LogP contribution in [0, 0.1) is 0 Å². The molecule has 2 N–H and O–H groups in total. The molecule has 2 aromatic rings. The molecular formula is C17H18BrN3O3S. The van der Waals surface area contributed by atoms with Crippen molar-refractivity contribution >= 4 is 50.6 Å². The predicted molar refractivity (Wildman–Crippen MR) is 103 cm³/mol. The molecule has 0 spiro atoms. The van der Waals surface area contributed by atoms with E-state index in [0.29, 0.717) is 11.4 Å². The third-order valence-corrected chi connectivity index (χ3v) is 5.92. The molecule has 1 unspecified atom stereocenters. The zero-order chi connectivity index (χ0) is 18.0. The highest BCUT2D eigenvalue weighted by Gasteiger charge is 2.28. The van der Waals surface area contributed by atoms with E-state index in [1.54, 1.807) is 13.1 Å². The second kappa shape index (κ2) is 7.45. The number of carboxylic acid groups (broad SMARTS) is 1. The van der Waals surface area contributed by atoms with Crippen LogP contribution in [0.15, 0.2) is 40.2 Å². The van der Waals surface area contributed by atoms with Crippen LogP contribution in [0.3, 0.4) is 0 Å². The largest absolute Gasteiger partial charge is 0.465 e. The molecule has 0 aliphatic carbocycles. The number of hydrogen-bond donors (Lipinski definition) is 2. The van der Waals surface area contributed by atoms with Gasteiger partial charge in [-0.1, -0.05) is 0 Å². The first-order valence-corrected chi connectivity index (χ1v) is 9.42. The molecule has 1 aromatic heterocycles. The minimum Gasteiger partial charge on any atom is -0.465 e. The second-order valence-corrected chi connectivity index (χ2v) is 8.35. The Bertz CT molecular complexity index is 778. The maximum atomic E-state index is 12.2. The monoisotopic (exact) mass is 423 g/mol. The topological polar surface area (TPSA) is 72.9 Å². The molecule has 1 aromatic carbocycles. The number of hydrogen-bond acceptors (Lipinski definition) is 4. The average molecular weight is 424 g/mol. The van der Waals surface area contributed by atoms with Gasteiger partial charge < -0.3 is 20.2 Å².